The molecule has 0 unspecified atom stereocenters. The lowest BCUT2D eigenvalue weighted by atomic mass is 9.93. The molecule has 3 aliphatic rings. The highest BCUT2D eigenvalue weighted by molar-refractivity contribution is 5.94. The number of carbonyl (C=O) groups excluding carboxylic acids is 1. The molecule has 1 aliphatic heterocycles. The predicted molar refractivity (Wildman–Crippen MR) is 80.9 cm³/mol. The van der Waals surface area contributed by atoms with Gasteiger partial charge < -0.3 is 4.90 Å². The maximum absolute atomic E-state index is 12.4. The SMILES string of the molecule is O=C(c1ccncc1)N1CCN([C@@H]2C[C@@H]3CC[C@H]2C3)CC1. The number of hydrogen-bond donors (Lipinski definition) is 0. The van der Waals surface area contributed by atoms with Crippen LogP contribution in [0.15, 0.2) is 24.5 Å². The Kier molecular flexibility index (Phi) is 3.42. The molecule has 1 aromatic rings. The van der Waals surface area contributed by atoms with Crippen LogP contribution in [0.25, 0.3) is 0 Å². The first-order chi connectivity index (χ1) is 10.3. The van der Waals surface area contributed by atoms with Gasteiger partial charge in [-0.25, -0.2) is 0 Å². The van der Waals surface area contributed by atoms with Crippen LogP contribution in [0, 0.1) is 11.8 Å². The molecule has 3 fully saturated rings. The summed E-state index contributed by atoms with van der Waals surface area (Å²) in [7, 11) is 0. The van der Waals surface area contributed by atoms with Gasteiger partial charge in [0.15, 0.2) is 0 Å². The first-order valence-corrected chi connectivity index (χ1v) is 8.24. The molecule has 4 nitrogen and oxygen atoms in total. The van der Waals surface area contributed by atoms with Gasteiger partial charge in [-0.05, 0) is 43.2 Å². The fraction of sp³-hybridized carbons (Fsp3) is 0.647. The van der Waals surface area contributed by atoms with E-state index < -0.39 is 0 Å². The zero-order valence-corrected chi connectivity index (χ0v) is 12.4. The Balaban J connectivity index is 1.36. The Labute approximate surface area is 126 Å². The number of carbonyl (C=O) groups is 1. The molecule has 3 atom stereocenters. The summed E-state index contributed by atoms with van der Waals surface area (Å²) in [5, 5.41) is 0. The summed E-state index contributed by atoms with van der Waals surface area (Å²) in [6.07, 6.45) is 9.15. The predicted octanol–water partition coefficient (Wildman–Crippen LogP) is 2.03. The molecule has 2 saturated carbocycles. The van der Waals surface area contributed by atoms with Crippen molar-refractivity contribution in [1.29, 1.82) is 0 Å². The Morgan fingerprint density at radius 3 is 2.43 bits per heavy atom. The highest BCUT2D eigenvalue weighted by Gasteiger charge is 2.42. The fourth-order valence-corrected chi connectivity index (χ4v) is 4.59. The van der Waals surface area contributed by atoms with Gasteiger partial charge in [0.2, 0.25) is 0 Å². The van der Waals surface area contributed by atoms with Crippen LogP contribution in [-0.4, -0.2) is 52.9 Å². The average molecular weight is 285 g/mol. The second kappa shape index (κ2) is 5.41. The van der Waals surface area contributed by atoms with Gasteiger partial charge in [-0.1, -0.05) is 6.42 Å². The number of aromatic nitrogens is 1. The minimum absolute atomic E-state index is 0.157. The van der Waals surface area contributed by atoms with E-state index in [4.69, 9.17) is 0 Å². The van der Waals surface area contributed by atoms with Crippen molar-refractivity contribution in [2.24, 2.45) is 11.8 Å². The first-order valence-electron chi connectivity index (χ1n) is 8.24. The van der Waals surface area contributed by atoms with E-state index in [9.17, 15) is 4.79 Å². The summed E-state index contributed by atoms with van der Waals surface area (Å²) in [4.78, 5) is 21.1. The highest BCUT2D eigenvalue weighted by atomic mass is 16.2. The van der Waals surface area contributed by atoms with Crippen LogP contribution in [0.1, 0.15) is 36.0 Å². The molecule has 21 heavy (non-hydrogen) atoms. The van der Waals surface area contributed by atoms with Crippen LogP contribution in [0.5, 0.6) is 0 Å². The quantitative estimate of drug-likeness (QED) is 0.834. The molecule has 0 aromatic carbocycles. The summed E-state index contributed by atoms with van der Waals surface area (Å²) < 4.78 is 0. The molecule has 0 spiro atoms. The number of rotatable bonds is 2. The number of hydrogen-bond acceptors (Lipinski definition) is 3. The molecule has 4 rings (SSSR count). The monoisotopic (exact) mass is 285 g/mol. The fourth-order valence-electron chi connectivity index (χ4n) is 4.59. The molecule has 2 heterocycles. The minimum Gasteiger partial charge on any atom is -0.336 e. The lowest BCUT2D eigenvalue weighted by Gasteiger charge is -2.41. The Hall–Kier alpha value is -1.42. The van der Waals surface area contributed by atoms with Crippen molar-refractivity contribution in [3.05, 3.63) is 30.1 Å². The third kappa shape index (κ3) is 2.46. The van der Waals surface area contributed by atoms with Crippen LogP contribution in [-0.2, 0) is 0 Å². The molecule has 1 saturated heterocycles. The lowest BCUT2D eigenvalue weighted by molar-refractivity contribution is 0.0496. The Bertz CT molecular complexity index is 510. The molecule has 1 amide bonds. The van der Waals surface area contributed by atoms with E-state index in [-0.39, 0.29) is 5.91 Å². The zero-order valence-electron chi connectivity index (χ0n) is 12.4. The van der Waals surface area contributed by atoms with Crippen molar-refractivity contribution < 1.29 is 4.79 Å². The van der Waals surface area contributed by atoms with Gasteiger partial charge >= 0.3 is 0 Å². The standard InChI is InChI=1S/C17H23N3O/c21-17(14-3-5-18-6-4-14)20-9-7-19(8-10-20)16-12-13-1-2-15(16)11-13/h3-6,13,15-16H,1-2,7-12H2/t13-,15+,16-/m1/s1. The minimum atomic E-state index is 0.157. The maximum Gasteiger partial charge on any atom is 0.254 e. The summed E-state index contributed by atoms with van der Waals surface area (Å²) in [5.74, 6) is 2.10. The maximum atomic E-state index is 12.4. The molecule has 0 N–H and O–H groups in total. The van der Waals surface area contributed by atoms with E-state index in [0.717, 1.165) is 49.6 Å². The third-order valence-electron chi connectivity index (χ3n) is 5.70. The van der Waals surface area contributed by atoms with E-state index in [0.29, 0.717) is 0 Å². The van der Waals surface area contributed by atoms with Gasteiger partial charge in [-0.3, -0.25) is 14.7 Å². The molecule has 112 valence electrons. The van der Waals surface area contributed by atoms with Crippen LogP contribution < -0.4 is 0 Å². The average Bonchev–Trinajstić information content (AvgIpc) is 3.18. The highest BCUT2D eigenvalue weighted by Crippen LogP contribution is 2.46. The number of pyridine rings is 1. The second-order valence-electron chi connectivity index (χ2n) is 6.81. The summed E-state index contributed by atoms with van der Waals surface area (Å²) in [6.45, 7) is 3.83. The lowest BCUT2D eigenvalue weighted by Crippen LogP contribution is -2.53. The Morgan fingerprint density at radius 1 is 1.05 bits per heavy atom. The summed E-state index contributed by atoms with van der Waals surface area (Å²) in [5.41, 5.74) is 0.762. The van der Waals surface area contributed by atoms with E-state index in [1.165, 1.54) is 25.7 Å². The van der Waals surface area contributed by atoms with Crippen LogP contribution in [0.2, 0.25) is 0 Å². The molecule has 2 bridgehead atoms. The smallest absolute Gasteiger partial charge is 0.254 e. The normalized spacial score (nSPS) is 32.6. The van der Waals surface area contributed by atoms with Crippen LogP contribution in [0.4, 0.5) is 0 Å². The van der Waals surface area contributed by atoms with E-state index in [1.807, 2.05) is 17.0 Å². The van der Waals surface area contributed by atoms with Gasteiger partial charge in [0.1, 0.15) is 0 Å². The topological polar surface area (TPSA) is 36.4 Å². The number of fused-ring (bicyclic) bond motifs is 2. The number of nitrogens with zero attached hydrogens (tertiary/aromatic N) is 3. The van der Waals surface area contributed by atoms with Gasteiger partial charge in [-0.2, -0.15) is 0 Å². The molecule has 2 aliphatic carbocycles. The van der Waals surface area contributed by atoms with Crippen molar-refractivity contribution in [3.63, 3.8) is 0 Å². The van der Waals surface area contributed by atoms with Crippen LogP contribution in [0.3, 0.4) is 0 Å². The van der Waals surface area contributed by atoms with Crippen molar-refractivity contribution >= 4 is 5.91 Å². The van der Waals surface area contributed by atoms with Crippen molar-refractivity contribution in [2.75, 3.05) is 26.2 Å². The van der Waals surface area contributed by atoms with Gasteiger partial charge in [0, 0.05) is 50.2 Å². The van der Waals surface area contributed by atoms with E-state index in [2.05, 4.69) is 9.88 Å². The van der Waals surface area contributed by atoms with Gasteiger partial charge in [0.05, 0.1) is 0 Å². The second-order valence-corrected chi connectivity index (χ2v) is 6.81. The van der Waals surface area contributed by atoms with Gasteiger partial charge in [0.25, 0.3) is 5.91 Å². The van der Waals surface area contributed by atoms with E-state index in [1.54, 1.807) is 12.4 Å². The number of piperazine rings is 1. The van der Waals surface area contributed by atoms with Gasteiger partial charge in [-0.15, -0.1) is 0 Å². The van der Waals surface area contributed by atoms with Crippen molar-refractivity contribution in [1.82, 2.24) is 14.8 Å². The first kappa shape index (κ1) is 13.3. The van der Waals surface area contributed by atoms with Crippen molar-refractivity contribution in [3.8, 4) is 0 Å². The zero-order chi connectivity index (χ0) is 14.2. The third-order valence-corrected chi connectivity index (χ3v) is 5.70. The molecule has 1 aromatic heterocycles. The van der Waals surface area contributed by atoms with E-state index >= 15 is 0 Å². The molecule has 0 radical (unpaired) electrons. The number of amides is 1. The van der Waals surface area contributed by atoms with Crippen LogP contribution >= 0.6 is 0 Å². The van der Waals surface area contributed by atoms with Crippen molar-refractivity contribution in [2.45, 2.75) is 31.7 Å². The Morgan fingerprint density at radius 2 is 1.81 bits per heavy atom. The molecular formula is C17H23N3O. The molecule has 4 heteroatoms. The molecular weight excluding hydrogens is 262 g/mol. The summed E-state index contributed by atoms with van der Waals surface area (Å²) in [6, 6.07) is 4.43. The largest absolute Gasteiger partial charge is 0.336 e. The summed E-state index contributed by atoms with van der Waals surface area (Å²) >= 11 is 0.